The number of aromatic nitrogens is 1. The van der Waals surface area contributed by atoms with Gasteiger partial charge in [-0.25, -0.2) is 13.1 Å². The molecule has 0 aliphatic heterocycles. The summed E-state index contributed by atoms with van der Waals surface area (Å²) < 4.78 is 26.5. The average molecular weight is 299 g/mol. The molecule has 0 amide bonds. The third-order valence-corrected chi connectivity index (χ3v) is 4.59. The maximum absolute atomic E-state index is 12.0. The average Bonchev–Trinajstić information content (AvgIpc) is 2.82. The predicted octanol–water partition coefficient (Wildman–Crippen LogP) is 0.374. The van der Waals surface area contributed by atoms with E-state index >= 15 is 0 Å². The molecule has 6 nitrogen and oxygen atoms in total. The van der Waals surface area contributed by atoms with Gasteiger partial charge in [-0.2, -0.15) is 0 Å². The monoisotopic (exact) mass is 299 g/mol. The van der Waals surface area contributed by atoms with Crippen LogP contribution in [0.15, 0.2) is 39.3 Å². The van der Waals surface area contributed by atoms with Crippen molar-refractivity contribution in [1.29, 1.82) is 0 Å². The van der Waals surface area contributed by atoms with Crippen LogP contribution in [0.5, 0.6) is 0 Å². The van der Waals surface area contributed by atoms with Gasteiger partial charge in [-0.05, 0) is 17.7 Å². The number of H-pyrrole nitrogens is 1. The number of nitrogens with one attached hydrogen (secondary N) is 2. The van der Waals surface area contributed by atoms with Gasteiger partial charge in [0, 0.05) is 17.6 Å². The van der Waals surface area contributed by atoms with Crippen LogP contribution in [0.1, 0.15) is 11.3 Å². The van der Waals surface area contributed by atoms with E-state index in [1.54, 1.807) is 17.5 Å². The zero-order valence-electron chi connectivity index (χ0n) is 9.92. The smallest absolute Gasteiger partial charge is 0.304 e. The van der Waals surface area contributed by atoms with Crippen molar-refractivity contribution >= 4 is 21.4 Å². The zero-order valence-corrected chi connectivity index (χ0v) is 11.6. The molecule has 8 heteroatoms. The van der Waals surface area contributed by atoms with Crippen molar-refractivity contribution in [3.63, 3.8) is 0 Å². The first kappa shape index (κ1) is 13.9. The number of thiazole rings is 1. The highest BCUT2D eigenvalue weighted by atomic mass is 32.2. The summed E-state index contributed by atoms with van der Waals surface area (Å²) in [4.78, 5) is 13.4. The first-order valence-electron chi connectivity index (χ1n) is 5.46. The van der Waals surface area contributed by atoms with Crippen molar-refractivity contribution in [1.82, 2.24) is 9.71 Å². The molecular formula is C11H13N3O3S2. The Kier molecular flexibility index (Phi) is 4.15. The van der Waals surface area contributed by atoms with Gasteiger partial charge in [0.05, 0.1) is 11.4 Å². The van der Waals surface area contributed by atoms with Crippen LogP contribution in [0.4, 0.5) is 0 Å². The minimum absolute atomic E-state index is 0.0495. The summed E-state index contributed by atoms with van der Waals surface area (Å²) in [5, 5.41) is 1.58. The fraction of sp³-hybridized carbons (Fsp3) is 0.182. The molecule has 19 heavy (non-hydrogen) atoms. The highest BCUT2D eigenvalue weighted by Gasteiger charge is 2.14. The SMILES string of the molecule is NCc1cccc(S(=O)(=O)NCc2csc(=O)[nH]2)c1. The van der Waals surface area contributed by atoms with E-state index in [1.807, 2.05) is 0 Å². The largest absolute Gasteiger partial charge is 0.326 e. The predicted molar refractivity (Wildman–Crippen MR) is 73.3 cm³/mol. The van der Waals surface area contributed by atoms with Gasteiger partial charge in [-0.15, -0.1) is 0 Å². The van der Waals surface area contributed by atoms with Gasteiger partial charge in [0.2, 0.25) is 10.0 Å². The van der Waals surface area contributed by atoms with Gasteiger partial charge < -0.3 is 10.7 Å². The summed E-state index contributed by atoms with van der Waals surface area (Å²) >= 11 is 0.994. The lowest BCUT2D eigenvalue weighted by atomic mass is 10.2. The molecule has 1 aromatic carbocycles. The van der Waals surface area contributed by atoms with Crippen molar-refractivity contribution in [2.75, 3.05) is 0 Å². The quantitative estimate of drug-likeness (QED) is 0.742. The molecule has 0 radical (unpaired) electrons. The Morgan fingerprint density at radius 2 is 2.16 bits per heavy atom. The minimum Gasteiger partial charge on any atom is -0.326 e. The Morgan fingerprint density at radius 3 is 2.79 bits per heavy atom. The van der Waals surface area contributed by atoms with Crippen LogP contribution in [-0.4, -0.2) is 13.4 Å². The molecule has 1 heterocycles. The molecule has 4 N–H and O–H groups in total. The van der Waals surface area contributed by atoms with Gasteiger partial charge >= 0.3 is 4.87 Å². The van der Waals surface area contributed by atoms with Gasteiger partial charge in [0.25, 0.3) is 0 Å². The van der Waals surface area contributed by atoms with Crippen LogP contribution in [-0.2, 0) is 23.1 Å². The Bertz CT molecular complexity index is 719. The van der Waals surface area contributed by atoms with Crippen LogP contribution >= 0.6 is 11.3 Å². The van der Waals surface area contributed by atoms with E-state index < -0.39 is 10.0 Å². The molecule has 0 saturated carbocycles. The standard InChI is InChI=1S/C11H13N3O3S2/c12-5-8-2-1-3-10(4-8)19(16,17)13-6-9-7-18-11(15)14-9/h1-4,7,13H,5-6,12H2,(H,14,15). The molecular weight excluding hydrogens is 286 g/mol. The van der Waals surface area contributed by atoms with Crippen LogP contribution in [0.3, 0.4) is 0 Å². The molecule has 0 unspecified atom stereocenters. The second kappa shape index (κ2) is 5.66. The van der Waals surface area contributed by atoms with E-state index in [0.29, 0.717) is 5.69 Å². The van der Waals surface area contributed by atoms with Gasteiger partial charge in [-0.3, -0.25) is 4.79 Å². The molecule has 0 spiro atoms. The number of aromatic amines is 1. The van der Waals surface area contributed by atoms with Crippen LogP contribution in [0.25, 0.3) is 0 Å². The fourth-order valence-electron chi connectivity index (χ4n) is 1.50. The lowest BCUT2D eigenvalue weighted by Crippen LogP contribution is -2.23. The number of benzene rings is 1. The van der Waals surface area contributed by atoms with Gasteiger partial charge in [0.1, 0.15) is 0 Å². The zero-order chi connectivity index (χ0) is 13.9. The number of hydrogen-bond donors (Lipinski definition) is 3. The Labute approximate surface area is 114 Å². The summed E-state index contributed by atoms with van der Waals surface area (Å²) in [6, 6.07) is 6.43. The topological polar surface area (TPSA) is 105 Å². The highest BCUT2D eigenvalue weighted by molar-refractivity contribution is 7.89. The third kappa shape index (κ3) is 3.51. The second-order valence-corrected chi connectivity index (χ2v) is 6.46. The lowest BCUT2D eigenvalue weighted by molar-refractivity contribution is 0.580. The molecule has 2 rings (SSSR count). The van der Waals surface area contributed by atoms with Crippen molar-refractivity contribution in [2.24, 2.45) is 5.73 Å². The number of hydrogen-bond acceptors (Lipinski definition) is 5. The van der Waals surface area contributed by atoms with E-state index in [1.165, 1.54) is 12.1 Å². The Hall–Kier alpha value is -1.48. The van der Waals surface area contributed by atoms with E-state index in [9.17, 15) is 13.2 Å². The summed E-state index contributed by atoms with van der Waals surface area (Å²) in [6.45, 7) is 0.329. The molecule has 0 atom stereocenters. The van der Waals surface area contributed by atoms with Crippen molar-refractivity contribution in [3.05, 3.63) is 50.6 Å². The van der Waals surface area contributed by atoms with Crippen LogP contribution in [0, 0.1) is 0 Å². The highest BCUT2D eigenvalue weighted by Crippen LogP contribution is 2.11. The van der Waals surface area contributed by atoms with E-state index in [-0.39, 0.29) is 22.9 Å². The fourth-order valence-corrected chi connectivity index (χ4v) is 3.15. The Balaban J connectivity index is 2.15. The summed E-state index contributed by atoms with van der Waals surface area (Å²) in [5.41, 5.74) is 6.75. The van der Waals surface area contributed by atoms with E-state index in [4.69, 9.17) is 5.73 Å². The number of nitrogens with two attached hydrogens (primary N) is 1. The molecule has 1 aromatic heterocycles. The van der Waals surface area contributed by atoms with E-state index in [0.717, 1.165) is 16.9 Å². The number of rotatable bonds is 5. The first-order chi connectivity index (χ1) is 9.01. The maximum atomic E-state index is 12.0. The molecule has 102 valence electrons. The summed E-state index contributed by atoms with van der Waals surface area (Å²) in [5.74, 6) is 0. The first-order valence-corrected chi connectivity index (χ1v) is 7.83. The minimum atomic E-state index is -3.60. The van der Waals surface area contributed by atoms with Crippen LogP contribution < -0.4 is 15.3 Å². The molecule has 0 saturated heterocycles. The van der Waals surface area contributed by atoms with Crippen molar-refractivity contribution in [2.45, 2.75) is 18.0 Å². The lowest BCUT2D eigenvalue weighted by Gasteiger charge is -2.06. The second-order valence-electron chi connectivity index (χ2n) is 3.85. The molecule has 0 fully saturated rings. The molecule has 0 aliphatic rings. The van der Waals surface area contributed by atoms with Gasteiger partial charge in [0.15, 0.2) is 0 Å². The third-order valence-electron chi connectivity index (χ3n) is 2.47. The molecule has 0 bridgehead atoms. The summed E-state index contributed by atoms with van der Waals surface area (Å²) in [7, 11) is -3.60. The maximum Gasteiger partial charge on any atom is 0.304 e. The Morgan fingerprint density at radius 1 is 1.37 bits per heavy atom. The van der Waals surface area contributed by atoms with Gasteiger partial charge in [-0.1, -0.05) is 23.5 Å². The summed E-state index contributed by atoms with van der Waals surface area (Å²) in [6.07, 6.45) is 0. The van der Waals surface area contributed by atoms with Crippen LogP contribution in [0.2, 0.25) is 0 Å². The number of sulfonamides is 1. The van der Waals surface area contributed by atoms with Crippen molar-refractivity contribution in [3.8, 4) is 0 Å². The normalized spacial score (nSPS) is 11.6. The van der Waals surface area contributed by atoms with E-state index in [2.05, 4.69) is 9.71 Å². The molecule has 2 aromatic rings. The molecule has 0 aliphatic carbocycles. The van der Waals surface area contributed by atoms with Crippen molar-refractivity contribution < 1.29 is 8.42 Å².